The Labute approximate surface area is 187 Å². The molecule has 2 aromatic heterocycles. The maximum Gasteiger partial charge on any atom is 0.253 e. The van der Waals surface area contributed by atoms with Gasteiger partial charge in [0.25, 0.3) is 5.91 Å². The lowest BCUT2D eigenvalue weighted by Gasteiger charge is -2.34. The van der Waals surface area contributed by atoms with E-state index in [2.05, 4.69) is 40.2 Å². The summed E-state index contributed by atoms with van der Waals surface area (Å²) < 4.78 is 1.32. The van der Waals surface area contributed by atoms with E-state index in [1.807, 2.05) is 0 Å². The van der Waals surface area contributed by atoms with Gasteiger partial charge in [-0.3, -0.25) is 4.79 Å². The number of benzene rings is 1. The Kier molecular flexibility index (Phi) is 6.19. The highest BCUT2D eigenvalue weighted by atomic mass is 16.3. The van der Waals surface area contributed by atoms with Crippen LogP contribution in [0.2, 0.25) is 0 Å². The van der Waals surface area contributed by atoms with E-state index in [0.717, 1.165) is 31.5 Å². The van der Waals surface area contributed by atoms with E-state index in [9.17, 15) is 9.90 Å². The monoisotopic (exact) mass is 430 g/mol. The smallest absolute Gasteiger partial charge is 0.253 e. The van der Waals surface area contributed by atoms with Crippen molar-refractivity contribution in [2.45, 2.75) is 38.8 Å². The van der Waals surface area contributed by atoms with Crippen molar-refractivity contribution in [2.24, 2.45) is 0 Å². The molecule has 1 aliphatic rings. The number of carbonyl (C=O) groups is 1. The van der Waals surface area contributed by atoms with Gasteiger partial charge in [-0.15, -0.1) is 0 Å². The van der Waals surface area contributed by atoms with E-state index in [4.69, 9.17) is 5.26 Å². The van der Waals surface area contributed by atoms with E-state index < -0.39 is 0 Å². The van der Waals surface area contributed by atoms with Crippen LogP contribution in [0, 0.1) is 11.3 Å². The molecule has 3 aromatic rings. The summed E-state index contributed by atoms with van der Waals surface area (Å²) in [4.78, 5) is 19.4. The van der Waals surface area contributed by atoms with Crippen LogP contribution in [0.1, 0.15) is 42.6 Å². The standard InChI is InChI=1S/C24H26N6O2/c1-16(2)29-11-9-20(10-12-29)28-23(31)19-7-8-22(26-14-19)30-24(32)21(15-27-30)18-5-3-17(13-25)4-6-18/h3-8,14-16,20,32H,9-12H2,1-2H3,(H,28,31). The number of carbonyl (C=O) groups excluding carboxylic acids is 1. The number of nitriles is 1. The van der Waals surface area contributed by atoms with Crippen LogP contribution in [0.15, 0.2) is 48.8 Å². The van der Waals surface area contributed by atoms with Crippen molar-refractivity contribution in [3.8, 4) is 28.9 Å². The zero-order valence-corrected chi connectivity index (χ0v) is 18.2. The molecule has 0 aliphatic carbocycles. The summed E-state index contributed by atoms with van der Waals surface area (Å²) in [5.41, 5.74) is 2.29. The molecule has 1 aromatic carbocycles. The van der Waals surface area contributed by atoms with Gasteiger partial charge in [-0.1, -0.05) is 12.1 Å². The van der Waals surface area contributed by atoms with Gasteiger partial charge in [-0.2, -0.15) is 15.0 Å². The average molecular weight is 431 g/mol. The number of nitrogens with zero attached hydrogens (tertiary/aromatic N) is 5. The molecule has 0 bridgehead atoms. The summed E-state index contributed by atoms with van der Waals surface area (Å²) in [6.45, 7) is 6.35. The van der Waals surface area contributed by atoms with E-state index >= 15 is 0 Å². The average Bonchev–Trinajstić information content (AvgIpc) is 3.20. The van der Waals surface area contributed by atoms with Crippen LogP contribution in [-0.2, 0) is 0 Å². The molecule has 1 fully saturated rings. The first-order valence-electron chi connectivity index (χ1n) is 10.7. The van der Waals surface area contributed by atoms with E-state index in [0.29, 0.717) is 28.6 Å². The third kappa shape index (κ3) is 4.48. The number of piperidine rings is 1. The van der Waals surface area contributed by atoms with Gasteiger partial charge in [0.2, 0.25) is 5.88 Å². The molecule has 1 amide bonds. The van der Waals surface area contributed by atoms with Crippen molar-refractivity contribution >= 4 is 5.91 Å². The highest BCUT2D eigenvalue weighted by molar-refractivity contribution is 5.94. The third-order valence-electron chi connectivity index (χ3n) is 5.89. The summed E-state index contributed by atoms with van der Waals surface area (Å²) in [5, 5.41) is 26.9. The lowest BCUT2D eigenvalue weighted by Crippen LogP contribution is -2.46. The van der Waals surface area contributed by atoms with Gasteiger partial charge in [0.05, 0.1) is 29.0 Å². The minimum Gasteiger partial charge on any atom is -0.493 e. The minimum atomic E-state index is -0.144. The molecule has 0 spiro atoms. The number of hydrogen-bond acceptors (Lipinski definition) is 6. The van der Waals surface area contributed by atoms with Crippen LogP contribution in [0.4, 0.5) is 0 Å². The second-order valence-electron chi connectivity index (χ2n) is 8.27. The van der Waals surface area contributed by atoms with Crippen LogP contribution in [0.25, 0.3) is 16.9 Å². The number of rotatable bonds is 5. The molecular formula is C24H26N6O2. The number of amides is 1. The minimum absolute atomic E-state index is 0.0590. The Hall–Kier alpha value is -3.70. The van der Waals surface area contributed by atoms with Gasteiger partial charge in [-0.05, 0) is 56.5 Å². The van der Waals surface area contributed by atoms with Crippen LogP contribution in [0.3, 0.4) is 0 Å². The highest BCUT2D eigenvalue weighted by Gasteiger charge is 2.22. The highest BCUT2D eigenvalue weighted by Crippen LogP contribution is 2.30. The molecule has 8 nitrogen and oxygen atoms in total. The molecule has 0 radical (unpaired) electrons. The van der Waals surface area contributed by atoms with Gasteiger partial charge >= 0.3 is 0 Å². The summed E-state index contributed by atoms with van der Waals surface area (Å²) in [7, 11) is 0. The first-order valence-corrected chi connectivity index (χ1v) is 10.7. The van der Waals surface area contributed by atoms with Crippen LogP contribution >= 0.6 is 0 Å². The second-order valence-corrected chi connectivity index (χ2v) is 8.27. The molecule has 1 saturated heterocycles. The van der Waals surface area contributed by atoms with Crippen molar-refractivity contribution < 1.29 is 9.90 Å². The Morgan fingerprint density at radius 1 is 1.16 bits per heavy atom. The SMILES string of the molecule is CC(C)N1CCC(NC(=O)c2ccc(-n3ncc(-c4ccc(C#N)cc4)c3O)nc2)CC1. The molecule has 0 unspecified atom stereocenters. The second kappa shape index (κ2) is 9.20. The zero-order chi connectivity index (χ0) is 22.7. The lowest BCUT2D eigenvalue weighted by atomic mass is 10.0. The predicted molar refractivity (Wildman–Crippen MR) is 120 cm³/mol. The number of aromatic nitrogens is 3. The maximum absolute atomic E-state index is 12.6. The maximum atomic E-state index is 12.6. The Morgan fingerprint density at radius 2 is 1.88 bits per heavy atom. The topological polar surface area (TPSA) is 107 Å². The lowest BCUT2D eigenvalue weighted by molar-refractivity contribution is 0.0900. The van der Waals surface area contributed by atoms with E-state index in [-0.39, 0.29) is 17.8 Å². The zero-order valence-electron chi connectivity index (χ0n) is 18.2. The Balaban J connectivity index is 1.43. The number of hydrogen-bond donors (Lipinski definition) is 2. The molecule has 2 N–H and O–H groups in total. The number of pyridine rings is 1. The van der Waals surface area contributed by atoms with Gasteiger partial charge in [0.15, 0.2) is 5.82 Å². The fourth-order valence-electron chi connectivity index (χ4n) is 3.91. The van der Waals surface area contributed by atoms with E-state index in [1.54, 1.807) is 42.6 Å². The third-order valence-corrected chi connectivity index (χ3v) is 5.89. The molecule has 4 rings (SSSR count). The summed E-state index contributed by atoms with van der Waals surface area (Å²) >= 11 is 0. The van der Waals surface area contributed by atoms with Crippen LogP contribution < -0.4 is 5.32 Å². The first-order chi connectivity index (χ1) is 15.5. The van der Waals surface area contributed by atoms with Crippen molar-refractivity contribution in [1.29, 1.82) is 5.26 Å². The first kappa shape index (κ1) is 21.5. The summed E-state index contributed by atoms with van der Waals surface area (Å²) in [6, 6.07) is 13.0. The van der Waals surface area contributed by atoms with Crippen molar-refractivity contribution in [2.75, 3.05) is 13.1 Å². The van der Waals surface area contributed by atoms with Crippen LogP contribution in [0.5, 0.6) is 5.88 Å². The van der Waals surface area contributed by atoms with Crippen molar-refractivity contribution in [1.82, 2.24) is 25.0 Å². The van der Waals surface area contributed by atoms with Gasteiger partial charge in [-0.25, -0.2) is 4.98 Å². The fourth-order valence-corrected chi connectivity index (χ4v) is 3.91. The molecule has 32 heavy (non-hydrogen) atoms. The summed E-state index contributed by atoms with van der Waals surface area (Å²) in [5.74, 6) is 0.204. The molecule has 164 valence electrons. The predicted octanol–water partition coefficient (Wildman–Crippen LogP) is 3.11. The molecule has 8 heteroatoms. The van der Waals surface area contributed by atoms with Gasteiger partial charge < -0.3 is 15.3 Å². The quantitative estimate of drug-likeness (QED) is 0.644. The molecule has 0 atom stereocenters. The van der Waals surface area contributed by atoms with Crippen molar-refractivity contribution in [3.05, 3.63) is 59.9 Å². The number of aromatic hydroxyl groups is 1. The van der Waals surface area contributed by atoms with Crippen LogP contribution in [-0.4, -0.2) is 55.9 Å². The summed E-state index contributed by atoms with van der Waals surface area (Å²) in [6.07, 6.45) is 4.92. The van der Waals surface area contributed by atoms with Crippen molar-refractivity contribution in [3.63, 3.8) is 0 Å². The largest absolute Gasteiger partial charge is 0.493 e. The van der Waals surface area contributed by atoms with Gasteiger partial charge in [0.1, 0.15) is 0 Å². The molecular weight excluding hydrogens is 404 g/mol. The van der Waals surface area contributed by atoms with E-state index in [1.165, 1.54) is 10.9 Å². The number of nitrogens with one attached hydrogen (secondary N) is 1. The fraction of sp³-hybridized carbons (Fsp3) is 0.333. The Morgan fingerprint density at radius 3 is 2.47 bits per heavy atom. The van der Waals surface area contributed by atoms with Gasteiger partial charge in [0, 0.05) is 31.4 Å². The molecule has 0 saturated carbocycles. The molecule has 1 aliphatic heterocycles. The normalized spacial score (nSPS) is 14.9. The number of likely N-dealkylation sites (tertiary alicyclic amines) is 1. The Bertz CT molecular complexity index is 1120. The molecule has 3 heterocycles.